The minimum absolute atomic E-state index is 0.806. The number of hydrogen-bond donors (Lipinski definition) is 0. The van der Waals surface area contributed by atoms with Gasteiger partial charge in [-0.3, -0.25) is 0 Å². The van der Waals surface area contributed by atoms with Crippen LogP contribution >= 0.6 is 11.3 Å². The highest BCUT2D eigenvalue weighted by atomic mass is 32.1. The summed E-state index contributed by atoms with van der Waals surface area (Å²) in [5.41, 5.74) is 0.965. The highest BCUT2D eigenvalue weighted by Crippen LogP contribution is 2.34. The molecule has 0 aliphatic rings. The molecular weight excluding hydrogens is 210 g/mol. The van der Waals surface area contributed by atoms with Crippen molar-refractivity contribution < 1.29 is 9.47 Å². The highest BCUT2D eigenvalue weighted by Gasteiger charge is 2.09. The molecule has 2 rings (SSSR count). The van der Waals surface area contributed by atoms with Crippen LogP contribution in [0.4, 0.5) is 0 Å². The standard InChI is InChI=1S/C11H11NO2S/c1-13-8-3-4-10(14-2)9(7-8)11-12-5-6-15-11/h3-7H,1-2H3. The van der Waals surface area contributed by atoms with E-state index in [0.717, 1.165) is 22.1 Å². The molecule has 1 aromatic heterocycles. The molecule has 15 heavy (non-hydrogen) atoms. The largest absolute Gasteiger partial charge is 0.497 e. The van der Waals surface area contributed by atoms with Gasteiger partial charge in [0, 0.05) is 11.6 Å². The molecule has 0 amide bonds. The number of rotatable bonds is 3. The predicted molar refractivity (Wildman–Crippen MR) is 60.7 cm³/mol. The average molecular weight is 221 g/mol. The van der Waals surface area contributed by atoms with Crippen molar-refractivity contribution in [2.24, 2.45) is 0 Å². The minimum Gasteiger partial charge on any atom is -0.497 e. The second kappa shape index (κ2) is 4.31. The van der Waals surface area contributed by atoms with Crippen molar-refractivity contribution in [3.8, 4) is 22.1 Å². The van der Waals surface area contributed by atoms with E-state index in [1.54, 1.807) is 31.8 Å². The van der Waals surface area contributed by atoms with E-state index in [0.29, 0.717) is 0 Å². The van der Waals surface area contributed by atoms with Crippen LogP contribution in [0.2, 0.25) is 0 Å². The fraction of sp³-hybridized carbons (Fsp3) is 0.182. The van der Waals surface area contributed by atoms with E-state index in [1.807, 2.05) is 23.6 Å². The summed E-state index contributed by atoms with van der Waals surface area (Å²) < 4.78 is 10.5. The molecule has 0 N–H and O–H groups in total. The van der Waals surface area contributed by atoms with Gasteiger partial charge in [0.25, 0.3) is 0 Å². The smallest absolute Gasteiger partial charge is 0.129 e. The summed E-state index contributed by atoms with van der Waals surface area (Å²) in [6, 6.07) is 5.68. The van der Waals surface area contributed by atoms with Gasteiger partial charge in [-0.25, -0.2) is 4.98 Å². The van der Waals surface area contributed by atoms with E-state index in [4.69, 9.17) is 9.47 Å². The SMILES string of the molecule is COc1ccc(OC)c(-c2nccs2)c1. The van der Waals surface area contributed by atoms with E-state index < -0.39 is 0 Å². The summed E-state index contributed by atoms with van der Waals surface area (Å²) in [4.78, 5) is 4.25. The summed E-state index contributed by atoms with van der Waals surface area (Å²) in [5, 5.41) is 2.87. The molecular formula is C11H11NO2S. The second-order valence-corrected chi connectivity index (χ2v) is 3.80. The summed E-state index contributed by atoms with van der Waals surface area (Å²) in [6.07, 6.45) is 1.78. The summed E-state index contributed by atoms with van der Waals surface area (Å²) in [5.74, 6) is 1.62. The van der Waals surface area contributed by atoms with Crippen LogP contribution in [-0.2, 0) is 0 Å². The molecule has 0 saturated heterocycles. The quantitative estimate of drug-likeness (QED) is 0.798. The lowest BCUT2D eigenvalue weighted by Crippen LogP contribution is -1.89. The first-order valence-corrected chi connectivity index (χ1v) is 5.35. The van der Waals surface area contributed by atoms with Crippen molar-refractivity contribution in [2.45, 2.75) is 0 Å². The Hall–Kier alpha value is -1.55. The number of aromatic nitrogens is 1. The normalized spacial score (nSPS) is 10.0. The third-order valence-electron chi connectivity index (χ3n) is 2.07. The maximum Gasteiger partial charge on any atom is 0.129 e. The van der Waals surface area contributed by atoms with Gasteiger partial charge in [-0.2, -0.15) is 0 Å². The van der Waals surface area contributed by atoms with Gasteiger partial charge >= 0.3 is 0 Å². The Kier molecular flexibility index (Phi) is 2.87. The van der Waals surface area contributed by atoms with Gasteiger partial charge < -0.3 is 9.47 Å². The maximum absolute atomic E-state index is 5.28. The predicted octanol–water partition coefficient (Wildman–Crippen LogP) is 2.83. The molecule has 78 valence electrons. The van der Waals surface area contributed by atoms with E-state index in [2.05, 4.69) is 4.98 Å². The lowest BCUT2D eigenvalue weighted by atomic mass is 10.2. The van der Waals surface area contributed by atoms with Gasteiger partial charge in [0.1, 0.15) is 16.5 Å². The van der Waals surface area contributed by atoms with E-state index in [1.165, 1.54) is 0 Å². The van der Waals surface area contributed by atoms with Gasteiger partial charge in [-0.15, -0.1) is 11.3 Å². The molecule has 2 aromatic rings. The zero-order chi connectivity index (χ0) is 10.7. The Balaban J connectivity index is 2.52. The lowest BCUT2D eigenvalue weighted by Gasteiger charge is -2.07. The van der Waals surface area contributed by atoms with Crippen LogP contribution in [0.15, 0.2) is 29.8 Å². The van der Waals surface area contributed by atoms with Gasteiger partial charge in [-0.1, -0.05) is 0 Å². The monoisotopic (exact) mass is 221 g/mol. The Labute approximate surface area is 92.3 Å². The lowest BCUT2D eigenvalue weighted by molar-refractivity contribution is 0.404. The van der Waals surface area contributed by atoms with E-state index in [9.17, 15) is 0 Å². The molecule has 0 aliphatic carbocycles. The van der Waals surface area contributed by atoms with Crippen LogP contribution < -0.4 is 9.47 Å². The van der Waals surface area contributed by atoms with Gasteiger partial charge in [-0.05, 0) is 18.2 Å². The van der Waals surface area contributed by atoms with Crippen molar-refractivity contribution in [3.05, 3.63) is 29.8 Å². The zero-order valence-electron chi connectivity index (χ0n) is 8.56. The fourth-order valence-electron chi connectivity index (χ4n) is 1.34. The van der Waals surface area contributed by atoms with Gasteiger partial charge in [0.2, 0.25) is 0 Å². The highest BCUT2D eigenvalue weighted by molar-refractivity contribution is 7.13. The average Bonchev–Trinajstić information content (AvgIpc) is 2.81. The number of hydrogen-bond acceptors (Lipinski definition) is 4. The minimum atomic E-state index is 0.806. The third kappa shape index (κ3) is 1.94. The summed E-state index contributed by atoms with van der Waals surface area (Å²) >= 11 is 1.58. The first kappa shape index (κ1) is 9.98. The number of methoxy groups -OCH3 is 2. The molecule has 0 spiro atoms. The first-order valence-electron chi connectivity index (χ1n) is 4.47. The molecule has 0 fully saturated rings. The fourth-order valence-corrected chi connectivity index (χ4v) is 2.00. The van der Waals surface area contributed by atoms with Crippen LogP contribution in [0.5, 0.6) is 11.5 Å². The van der Waals surface area contributed by atoms with Crippen molar-refractivity contribution in [3.63, 3.8) is 0 Å². The molecule has 0 radical (unpaired) electrons. The summed E-state index contributed by atoms with van der Waals surface area (Å²) in [7, 11) is 3.30. The number of nitrogens with zero attached hydrogens (tertiary/aromatic N) is 1. The van der Waals surface area contributed by atoms with Crippen molar-refractivity contribution >= 4 is 11.3 Å². The molecule has 0 atom stereocenters. The molecule has 4 heteroatoms. The van der Waals surface area contributed by atoms with Gasteiger partial charge in [0.15, 0.2) is 0 Å². The summed E-state index contributed by atoms with van der Waals surface area (Å²) in [6.45, 7) is 0. The first-order chi connectivity index (χ1) is 7.35. The van der Waals surface area contributed by atoms with Crippen LogP contribution in [0.1, 0.15) is 0 Å². The van der Waals surface area contributed by atoms with Crippen molar-refractivity contribution in [1.29, 1.82) is 0 Å². The Bertz CT molecular complexity index is 440. The number of ether oxygens (including phenoxy) is 2. The molecule has 0 aliphatic heterocycles. The second-order valence-electron chi connectivity index (χ2n) is 2.90. The Morgan fingerprint density at radius 2 is 2.07 bits per heavy atom. The number of benzene rings is 1. The van der Waals surface area contributed by atoms with Crippen LogP contribution in [0.25, 0.3) is 10.6 Å². The number of thiazole rings is 1. The molecule has 1 heterocycles. The molecule has 0 unspecified atom stereocenters. The molecule has 0 bridgehead atoms. The van der Waals surface area contributed by atoms with Crippen molar-refractivity contribution in [1.82, 2.24) is 4.98 Å². The topological polar surface area (TPSA) is 31.4 Å². The molecule has 1 aromatic carbocycles. The van der Waals surface area contributed by atoms with Crippen molar-refractivity contribution in [2.75, 3.05) is 14.2 Å². The van der Waals surface area contributed by atoms with Crippen LogP contribution in [0, 0.1) is 0 Å². The maximum atomic E-state index is 5.28. The van der Waals surface area contributed by atoms with Crippen LogP contribution in [0.3, 0.4) is 0 Å². The zero-order valence-corrected chi connectivity index (χ0v) is 9.38. The van der Waals surface area contributed by atoms with E-state index in [-0.39, 0.29) is 0 Å². The molecule has 0 saturated carbocycles. The third-order valence-corrected chi connectivity index (χ3v) is 2.88. The van der Waals surface area contributed by atoms with Crippen LogP contribution in [-0.4, -0.2) is 19.2 Å². The van der Waals surface area contributed by atoms with Gasteiger partial charge in [0.05, 0.1) is 19.8 Å². The van der Waals surface area contributed by atoms with E-state index >= 15 is 0 Å². The Morgan fingerprint density at radius 1 is 1.20 bits per heavy atom. The Morgan fingerprint density at radius 3 is 2.67 bits per heavy atom. The molecule has 3 nitrogen and oxygen atoms in total.